The molecular formula is C14H14F4N2O4. The van der Waals surface area contributed by atoms with Gasteiger partial charge in [0.1, 0.15) is 17.5 Å². The maximum atomic E-state index is 12.4. The first kappa shape index (κ1) is 19.3. The van der Waals surface area contributed by atoms with Crippen molar-refractivity contribution in [3.05, 3.63) is 29.8 Å². The molecule has 0 spiro atoms. The highest BCUT2D eigenvalue weighted by Gasteiger charge is 2.13. The molecule has 0 saturated carbocycles. The smallest absolute Gasteiger partial charge is 0.387 e. The summed E-state index contributed by atoms with van der Waals surface area (Å²) in [5.41, 5.74) is 4.98. The molecule has 0 aliphatic rings. The molecule has 0 aliphatic heterocycles. The molecule has 1 aromatic rings. The van der Waals surface area contributed by atoms with Gasteiger partial charge in [0.2, 0.25) is 11.8 Å². The number of rotatable bonds is 8. The topological polar surface area (TPSA) is 90.7 Å². The zero-order valence-corrected chi connectivity index (χ0v) is 12.3. The standard InChI is InChI=1S/C14H14F4N2O4/c1-7(12(19)22)20-11(21)5-3-8-2-4-9(23-13(15)16)6-10(8)24-14(17)18/h2-7,13-14H,1H3,(H2,19,22)(H,20,21)/b5-3+. The van der Waals surface area contributed by atoms with Gasteiger partial charge in [-0.3, -0.25) is 9.59 Å². The third-order valence-corrected chi connectivity index (χ3v) is 2.63. The van der Waals surface area contributed by atoms with E-state index in [9.17, 15) is 27.2 Å². The normalized spacial score (nSPS) is 12.5. The number of primary amides is 1. The Bertz CT molecular complexity index is 623. The van der Waals surface area contributed by atoms with E-state index in [0.29, 0.717) is 0 Å². The second-order valence-electron chi connectivity index (χ2n) is 4.42. The van der Waals surface area contributed by atoms with Crippen molar-refractivity contribution in [2.45, 2.75) is 26.2 Å². The summed E-state index contributed by atoms with van der Waals surface area (Å²) in [5, 5.41) is 2.23. The molecule has 1 rings (SSSR count). The van der Waals surface area contributed by atoms with Crippen molar-refractivity contribution in [3.8, 4) is 11.5 Å². The van der Waals surface area contributed by atoms with E-state index in [-0.39, 0.29) is 11.3 Å². The van der Waals surface area contributed by atoms with Gasteiger partial charge in [-0.1, -0.05) is 0 Å². The van der Waals surface area contributed by atoms with E-state index in [0.717, 1.165) is 30.4 Å². The molecule has 0 fully saturated rings. The van der Waals surface area contributed by atoms with Crippen molar-refractivity contribution in [2.75, 3.05) is 0 Å². The quantitative estimate of drug-likeness (QED) is 0.553. The predicted molar refractivity (Wildman–Crippen MR) is 75.5 cm³/mol. The molecule has 0 heterocycles. The first-order chi connectivity index (χ1) is 11.2. The molecular weight excluding hydrogens is 336 g/mol. The van der Waals surface area contributed by atoms with Gasteiger partial charge in [-0.15, -0.1) is 0 Å². The van der Waals surface area contributed by atoms with Crippen molar-refractivity contribution in [1.29, 1.82) is 0 Å². The van der Waals surface area contributed by atoms with Gasteiger partial charge in [0.15, 0.2) is 0 Å². The number of carbonyl (C=O) groups is 2. The summed E-state index contributed by atoms with van der Waals surface area (Å²) in [6.45, 7) is -4.98. The van der Waals surface area contributed by atoms with Crippen LogP contribution in [0.15, 0.2) is 24.3 Å². The summed E-state index contributed by atoms with van der Waals surface area (Å²) in [5.74, 6) is -2.32. The number of halogens is 4. The van der Waals surface area contributed by atoms with Crippen molar-refractivity contribution in [3.63, 3.8) is 0 Å². The Morgan fingerprint density at radius 3 is 2.33 bits per heavy atom. The maximum absolute atomic E-state index is 12.4. The van der Waals surface area contributed by atoms with Crippen LogP contribution in [0.1, 0.15) is 12.5 Å². The monoisotopic (exact) mass is 350 g/mol. The average Bonchev–Trinajstić information content (AvgIpc) is 2.45. The van der Waals surface area contributed by atoms with Crippen LogP contribution in [0.3, 0.4) is 0 Å². The lowest BCUT2D eigenvalue weighted by molar-refractivity contribution is -0.124. The van der Waals surface area contributed by atoms with Gasteiger partial charge in [0.05, 0.1) is 0 Å². The van der Waals surface area contributed by atoms with Crippen LogP contribution in [0, 0.1) is 0 Å². The van der Waals surface area contributed by atoms with Gasteiger partial charge < -0.3 is 20.5 Å². The van der Waals surface area contributed by atoms with E-state index in [2.05, 4.69) is 14.8 Å². The lowest BCUT2D eigenvalue weighted by Gasteiger charge is -2.11. The number of alkyl halides is 4. The molecule has 132 valence electrons. The van der Waals surface area contributed by atoms with E-state index >= 15 is 0 Å². The van der Waals surface area contributed by atoms with Crippen molar-refractivity contribution >= 4 is 17.9 Å². The van der Waals surface area contributed by atoms with Crippen molar-refractivity contribution < 1.29 is 36.6 Å². The Morgan fingerprint density at radius 2 is 1.79 bits per heavy atom. The van der Waals surface area contributed by atoms with Crippen molar-refractivity contribution in [1.82, 2.24) is 5.32 Å². The molecule has 2 amide bonds. The summed E-state index contributed by atoms with van der Waals surface area (Å²) in [7, 11) is 0. The minimum atomic E-state index is -3.21. The average molecular weight is 350 g/mol. The Kier molecular flexibility index (Phi) is 7.02. The maximum Gasteiger partial charge on any atom is 0.387 e. The molecule has 0 aromatic heterocycles. The lowest BCUT2D eigenvalue weighted by Crippen LogP contribution is -2.41. The molecule has 1 aromatic carbocycles. The number of nitrogens with one attached hydrogen (secondary N) is 1. The fourth-order valence-corrected chi connectivity index (χ4v) is 1.52. The van der Waals surface area contributed by atoms with Gasteiger partial charge in [-0.25, -0.2) is 0 Å². The summed E-state index contributed by atoms with van der Waals surface area (Å²) < 4.78 is 57.3. The number of nitrogens with two attached hydrogens (primary N) is 1. The molecule has 0 bridgehead atoms. The van der Waals surface area contributed by atoms with Crippen LogP contribution in [-0.2, 0) is 9.59 Å². The molecule has 24 heavy (non-hydrogen) atoms. The van der Waals surface area contributed by atoms with Crippen LogP contribution in [0.2, 0.25) is 0 Å². The first-order valence-corrected chi connectivity index (χ1v) is 6.50. The third kappa shape index (κ3) is 6.55. The fourth-order valence-electron chi connectivity index (χ4n) is 1.52. The van der Waals surface area contributed by atoms with E-state index in [1.165, 1.54) is 6.92 Å². The van der Waals surface area contributed by atoms with Crippen LogP contribution in [-0.4, -0.2) is 31.1 Å². The Hall–Kier alpha value is -2.78. The lowest BCUT2D eigenvalue weighted by atomic mass is 10.1. The largest absolute Gasteiger partial charge is 0.435 e. The van der Waals surface area contributed by atoms with Crippen molar-refractivity contribution in [2.24, 2.45) is 5.73 Å². The van der Waals surface area contributed by atoms with E-state index < -0.39 is 36.8 Å². The van der Waals surface area contributed by atoms with E-state index in [4.69, 9.17) is 5.73 Å². The number of amides is 2. The zero-order valence-electron chi connectivity index (χ0n) is 12.3. The Labute approximate surface area is 134 Å². The number of hydrogen-bond acceptors (Lipinski definition) is 4. The minimum absolute atomic E-state index is 0.0128. The number of ether oxygens (including phenoxy) is 2. The van der Waals surface area contributed by atoms with Crippen LogP contribution in [0.5, 0.6) is 11.5 Å². The highest BCUT2D eigenvalue weighted by atomic mass is 19.3. The summed E-state index contributed by atoms with van der Waals surface area (Å²) in [6, 6.07) is 2.15. The summed E-state index contributed by atoms with van der Waals surface area (Å²) in [6.07, 6.45) is 2.05. The summed E-state index contributed by atoms with van der Waals surface area (Å²) in [4.78, 5) is 22.4. The van der Waals surface area contributed by atoms with Gasteiger partial charge in [-0.2, -0.15) is 17.6 Å². The molecule has 1 atom stereocenters. The molecule has 1 unspecified atom stereocenters. The van der Waals surface area contributed by atoms with Crippen LogP contribution < -0.4 is 20.5 Å². The van der Waals surface area contributed by atoms with Gasteiger partial charge in [-0.05, 0) is 25.1 Å². The van der Waals surface area contributed by atoms with Crippen LogP contribution >= 0.6 is 0 Å². The van der Waals surface area contributed by atoms with Gasteiger partial charge in [0, 0.05) is 17.7 Å². The van der Waals surface area contributed by atoms with E-state index in [1.807, 2.05) is 0 Å². The summed E-state index contributed by atoms with van der Waals surface area (Å²) >= 11 is 0. The fraction of sp³-hybridized carbons (Fsp3) is 0.286. The molecule has 6 nitrogen and oxygen atoms in total. The van der Waals surface area contributed by atoms with Crippen LogP contribution in [0.4, 0.5) is 17.6 Å². The number of hydrogen-bond donors (Lipinski definition) is 2. The molecule has 0 aliphatic carbocycles. The first-order valence-electron chi connectivity index (χ1n) is 6.50. The molecule has 0 radical (unpaired) electrons. The van der Waals surface area contributed by atoms with E-state index in [1.54, 1.807) is 0 Å². The second kappa shape index (κ2) is 8.75. The molecule has 10 heteroatoms. The highest BCUT2D eigenvalue weighted by Crippen LogP contribution is 2.28. The number of carbonyl (C=O) groups excluding carboxylic acids is 2. The predicted octanol–water partition coefficient (Wildman–Crippen LogP) is 1.89. The minimum Gasteiger partial charge on any atom is -0.435 e. The highest BCUT2D eigenvalue weighted by molar-refractivity contribution is 5.95. The second-order valence-corrected chi connectivity index (χ2v) is 4.42. The molecule has 0 saturated heterocycles. The number of benzene rings is 1. The Balaban J connectivity index is 2.94. The van der Waals surface area contributed by atoms with Crippen LogP contribution in [0.25, 0.3) is 6.08 Å². The Morgan fingerprint density at radius 1 is 1.17 bits per heavy atom. The zero-order chi connectivity index (χ0) is 18.3. The van der Waals surface area contributed by atoms with Gasteiger partial charge in [0.25, 0.3) is 0 Å². The third-order valence-electron chi connectivity index (χ3n) is 2.63. The SMILES string of the molecule is CC(NC(=O)/C=C/c1ccc(OC(F)F)cc1OC(F)F)C(N)=O. The molecule has 3 N–H and O–H groups in total. The van der Waals surface area contributed by atoms with Gasteiger partial charge >= 0.3 is 13.2 Å².